The molecule has 186 valence electrons. The fourth-order valence-electron chi connectivity index (χ4n) is 4.77. The molecule has 3 atom stereocenters. The topological polar surface area (TPSA) is 115 Å². The summed E-state index contributed by atoms with van der Waals surface area (Å²) in [6.07, 6.45) is -1.65. The van der Waals surface area contributed by atoms with Crippen LogP contribution in [-0.4, -0.2) is 79.9 Å². The first-order valence-corrected chi connectivity index (χ1v) is 11.8. The van der Waals surface area contributed by atoms with Crippen LogP contribution in [-0.2, 0) is 16.1 Å². The van der Waals surface area contributed by atoms with E-state index < -0.39 is 24.2 Å². The van der Waals surface area contributed by atoms with E-state index in [4.69, 9.17) is 19.5 Å². The largest absolute Gasteiger partial charge is 0.490 e. The van der Waals surface area contributed by atoms with Crippen molar-refractivity contribution in [1.29, 1.82) is 5.26 Å². The number of aliphatic hydroxyl groups is 1. The summed E-state index contributed by atoms with van der Waals surface area (Å²) in [5.41, 5.74) is 3.28. The number of aliphatic hydroxyl groups excluding tert-OH is 1. The highest BCUT2D eigenvalue weighted by molar-refractivity contribution is 5.65. The summed E-state index contributed by atoms with van der Waals surface area (Å²) in [6, 6.07) is 15.0. The molecule has 0 spiro atoms. The molecule has 0 bridgehead atoms. The highest BCUT2D eigenvalue weighted by atomic mass is 16.5. The molecule has 4 rings (SSSR count). The molecule has 0 aliphatic carbocycles. The molecule has 9 nitrogen and oxygen atoms in total. The van der Waals surface area contributed by atoms with E-state index in [2.05, 4.69) is 11.0 Å². The van der Waals surface area contributed by atoms with Gasteiger partial charge in [0.1, 0.15) is 12.4 Å². The minimum absolute atomic E-state index is 0.00643. The Hall–Kier alpha value is -3.32. The first-order chi connectivity index (χ1) is 17.0. The lowest BCUT2D eigenvalue weighted by Crippen LogP contribution is -2.53. The second kappa shape index (κ2) is 11.4. The minimum Gasteiger partial charge on any atom is -0.490 e. The Bertz CT molecular complexity index is 1050. The van der Waals surface area contributed by atoms with E-state index in [0.29, 0.717) is 18.8 Å². The quantitative estimate of drug-likeness (QED) is 0.553. The van der Waals surface area contributed by atoms with Crippen LogP contribution in [0.1, 0.15) is 29.0 Å². The normalized spacial score (nSPS) is 21.7. The van der Waals surface area contributed by atoms with Gasteiger partial charge in [-0.1, -0.05) is 18.2 Å². The monoisotopic (exact) mass is 481 g/mol. The predicted octanol–water partition coefficient (Wildman–Crippen LogP) is 2.82. The van der Waals surface area contributed by atoms with Crippen LogP contribution in [0, 0.1) is 11.3 Å². The highest BCUT2D eigenvalue weighted by Crippen LogP contribution is 2.35. The van der Waals surface area contributed by atoms with Gasteiger partial charge in [-0.15, -0.1) is 0 Å². The molecule has 2 aliphatic heterocycles. The van der Waals surface area contributed by atoms with E-state index in [9.17, 15) is 15.0 Å². The number of hydrogen-bond donors (Lipinski definition) is 2. The van der Waals surface area contributed by atoms with Crippen LogP contribution in [0.3, 0.4) is 0 Å². The third-order valence-corrected chi connectivity index (χ3v) is 6.54. The van der Waals surface area contributed by atoms with Gasteiger partial charge in [0.15, 0.2) is 0 Å². The number of amides is 1. The van der Waals surface area contributed by atoms with E-state index in [1.807, 2.05) is 18.2 Å². The molecule has 9 heteroatoms. The van der Waals surface area contributed by atoms with Crippen molar-refractivity contribution in [2.75, 3.05) is 51.4 Å². The second-order valence-corrected chi connectivity index (χ2v) is 8.85. The zero-order chi connectivity index (χ0) is 24.8. The Kier molecular flexibility index (Phi) is 8.08. The average Bonchev–Trinajstić information content (AvgIpc) is 2.87. The number of piperidine rings is 1. The maximum absolute atomic E-state index is 11.6. The van der Waals surface area contributed by atoms with Crippen molar-refractivity contribution in [2.45, 2.75) is 31.2 Å². The van der Waals surface area contributed by atoms with E-state index in [1.54, 1.807) is 31.4 Å². The van der Waals surface area contributed by atoms with Crippen LogP contribution in [0.5, 0.6) is 5.75 Å². The van der Waals surface area contributed by atoms with Gasteiger partial charge in [-0.25, -0.2) is 4.79 Å². The van der Waals surface area contributed by atoms with Crippen molar-refractivity contribution in [2.24, 2.45) is 0 Å². The van der Waals surface area contributed by atoms with Crippen molar-refractivity contribution in [3.8, 4) is 11.8 Å². The van der Waals surface area contributed by atoms with Crippen molar-refractivity contribution < 1.29 is 29.2 Å². The van der Waals surface area contributed by atoms with Crippen LogP contribution in [0.25, 0.3) is 0 Å². The van der Waals surface area contributed by atoms with Gasteiger partial charge in [0.2, 0.25) is 0 Å². The summed E-state index contributed by atoms with van der Waals surface area (Å²) in [4.78, 5) is 15.1. The van der Waals surface area contributed by atoms with Gasteiger partial charge in [-0.2, -0.15) is 5.26 Å². The van der Waals surface area contributed by atoms with Crippen LogP contribution in [0.15, 0.2) is 42.5 Å². The number of rotatable bonds is 8. The number of fused-ring (bicyclic) bond motifs is 1. The van der Waals surface area contributed by atoms with Crippen LogP contribution < -0.4 is 9.64 Å². The van der Waals surface area contributed by atoms with E-state index in [-0.39, 0.29) is 19.7 Å². The summed E-state index contributed by atoms with van der Waals surface area (Å²) < 4.78 is 17.3. The lowest BCUT2D eigenvalue weighted by Gasteiger charge is -2.40. The highest BCUT2D eigenvalue weighted by Gasteiger charge is 2.39. The molecule has 35 heavy (non-hydrogen) atoms. The zero-order valence-corrected chi connectivity index (χ0v) is 19.8. The number of nitriles is 1. The van der Waals surface area contributed by atoms with Crippen LogP contribution in [0.4, 0.5) is 10.5 Å². The lowest BCUT2D eigenvalue weighted by molar-refractivity contribution is -0.0660. The van der Waals surface area contributed by atoms with Crippen molar-refractivity contribution >= 4 is 11.8 Å². The molecule has 2 aromatic rings. The summed E-state index contributed by atoms with van der Waals surface area (Å²) in [6.45, 7) is 3.39. The Morgan fingerprint density at radius 1 is 1.23 bits per heavy atom. The number of carboxylic acid groups (broad SMARTS) is 1. The van der Waals surface area contributed by atoms with Gasteiger partial charge in [0, 0.05) is 26.2 Å². The SMILES string of the molecule is COCCCN1CCOc2ccc(CO[C@H]3CN(C(=O)O)C[C@@H](O)[C@@H]3c3ccc(C#N)cc3)cc21. The molecule has 2 aliphatic rings. The first kappa shape index (κ1) is 24.8. The summed E-state index contributed by atoms with van der Waals surface area (Å²) in [7, 11) is 1.70. The standard InChI is InChI=1S/C26H31N3O6/c1-33-11-2-9-28-10-12-34-23-8-5-19(13-21(23)28)17-35-24-16-29(26(31)32)15-22(30)25(24)20-6-3-18(14-27)4-7-20/h3-8,13,22,24-25,30H,2,9-12,15-17H2,1H3,(H,31,32)/t22-,24+,25+/m1/s1. The molecular weight excluding hydrogens is 450 g/mol. The summed E-state index contributed by atoms with van der Waals surface area (Å²) >= 11 is 0. The molecule has 0 aromatic heterocycles. The van der Waals surface area contributed by atoms with E-state index >= 15 is 0 Å². The lowest BCUT2D eigenvalue weighted by atomic mass is 9.84. The molecule has 0 radical (unpaired) electrons. The maximum Gasteiger partial charge on any atom is 0.407 e. The van der Waals surface area contributed by atoms with E-state index in [1.165, 1.54) is 4.90 Å². The Balaban J connectivity index is 1.51. The zero-order valence-electron chi connectivity index (χ0n) is 19.8. The van der Waals surface area contributed by atoms with Gasteiger partial charge in [-0.05, 0) is 41.8 Å². The van der Waals surface area contributed by atoms with Crippen molar-refractivity contribution in [3.63, 3.8) is 0 Å². The van der Waals surface area contributed by atoms with Gasteiger partial charge >= 0.3 is 6.09 Å². The molecular formula is C26H31N3O6. The van der Waals surface area contributed by atoms with Crippen molar-refractivity contribution in [1.82, 2.24) is 4.90 Å². The van der Waals surface area contributed by atoms with Crippen molar-refractivity contribution in [3.05, 3.63) is 59.2 Å². The molecule has 2 heterocycles. The average molecular weight is 482 g/mol. The number of carbonyl (C=O) groups is 1. The Labute approximate surface area is 205 Å². The second-order valence-electron chi connectivity index (χ2n) is 8.85. The fourth-order valence-corrected chi connectivity index (χ4v) is 4.77. The van der Waals surface area contributed by atoms with Gasteiger partial charge < -0.3 is 34.2 Å². The molecule has 1 fully saturated rings. The van der Waals surface area contributed by atoms with Gasteiger partial charge in [0.05, 0.1) is 55.8 Å². The number of methoxy groups -OCH3 is 1. The predicted molar refractivity (Wildman–Crippen MR) is 129 cm³/mol. The summed E-state index contributed by atoms with van der Waals surface area (Å²) in [5.74, 6) is 0.419. The number of anilines is 1. The van der Waals surface area contributed by atoms with Gasteiger partial charge in [-0.3, -0.25) is 0 Å². The molecule has 2 N–H and O–H groups in total. The fraction of sp³-hybridized carbons (Fsp3) is 0.462. The molecule has 1 amide bonds. The number of β-amino-alcohol motifs (C(OH)–C–C–N with tert-alkyl or cyclic N) is 1. The van der Waals surface area contributed by atoms with Crippen LogP contribution in [0.2, 0.25) is 0 Å². The van der Waals surface area contributed by atoms with Crippen LogP contribution >= 0.6 is 0 Å². The summed E-state index contributed by atoms with van der Waals surface area (Å²) in [5, 5.41) is 29.5. The number of ether oxygens (including phenoxy) is 3. The molecule has 2 aromatic carbocycles. The van der Waals surface area contributed by atoms with Gasteiger partial charge in [0.25, 0.3) is 0 Å². The Morgan fingerprint density at radius 3 is 2.74 bits per heavy atom. The molecule has 1 saturated heterocycles. The number of hydrogen-bond acceptors (Lipinski definition) is 7. The van der Waals surface area contributed by atoms with E-state index in [0.717, 1.165) is 42.1 Å². The number of likely N-dealkylation sites (tertiary alicyclic amines) is 1. The Morgan fingerprint density at radius 2 is 2.03 bits per heavy atom. The number of nitrogens with zero attached hydrogens (tertiary/aromatic N) is 3. The first-order valence-electron chi connectivity index (χ1n) is 11.8. The third-order valence-electron chi connectivity index (χ3n) is 6.54. The maximum atomic E-state index is 11.6. The molecule has 0 saturated carbocycles. The third kappa shape index (κ3) is 5.85. The minimum atomic E-state index is -1.09. The number of benzene rings is 2. The smallest absolute Gasteiger partial charge is 0.407 e. The molecule has 0 unspecified atom stereocenters.